The summed E-state index contributed by atoms with van der Waals surface area (Å²) in [6, 6.07) is 21.0. The molecule has 0 aliphatic rings. The molecule has 0 N–H and O–H groups in total. The summed E-state index contributed by atoms with van der Waals surface area (Å²) in [5.74, 6) is 2.59. The van der Waals surface area contributed by atoms with E-state index in [1.807, 2.05) is 56.3 Å². The lowest BCUT2D eigenvalue weighted by atomic mass is 9.99. The number of halogens is 1. The Morgan fingerprint density at radius 3 is 2.44 bits per heavy atom. The zero-order valence-corrected chi connectivity index (χ0v) is 22.1. The first kappa shape index (κ1) is 27.4. The van der Waals surface area contributed by atoms with Crippen LogP contribution in [0.15, 0.2) is 66.7 Å². The number of carbonyl (C=O) groups is 1. The molecular weight excluding hydrogens is 476 g/mol. The highest BCUT2D eigenvalue weighted by molar-refractivity contribution is 6.30. The summed E-state index contributed by atoms with van der Waals surface area (Å²) in [7, 11) is 0. The molecular formula is C30H35ClO5. The van der Waals surface area contributed by atoms with Crippen LogP contribution in [0.5, 0.6) is 23.0 Å². The first-order chi connectivity index (χ1) is 17.5. The van der Waals surface area contributed by atoms with Crippen molar-refractivity contribution in [2.45, 2.75) is 59.0 Å². The number of rotatable bonds is 14. The quantitative estimate of drug-likeness (QED) is 0.207. The molecule has 0 saturated heterocycles. The van der Waals surface area contributed by atoms with E-state index in [9.17, 15) is 4.79 Å². The van der Waals surface area contributed by atoms with Crippen molar-refractivity contribution >= 4 is 17.6 Å². The Morgan fingerprint density at radius 1 is 0.889 bits per heavy atom. The van der Waals surface area contributed by atoms with Crippen molar-refractivity contribution < 1.29 is 23.7 Å². The minimum Gasteiger partial charge on any atom is -0.493 e. The van der Waals surface area contributed by atoms with Crippen molar-refractivity contribution in [3.63, 3.8) is 0 Å². The van der Waals surface area contributed by atoms with Crippen LogP contribution < -0.4 is 14.2 Å². The topological polar surface area (TPSA) is 54.0 Å². The average Bonchev–Trinajstić information content (AvgIpc) is 2.86. The molecule has 3 rings (SSSR count). The van der Waals surface area contributed by atoms with Gasteiger partial charge in [0.25, 0.3) is 0 Å². The Hall–Kier alpha value is -3.18. The highest BCUT2D eigenvalue weighted by atomic mass is 35.5. The molecule has 0 spiro atoms. The van der Waals surface area contributed by atoms with Crippen LogP contribution in [0.3, 0.4) is 0 Å². The number of aryl methyl sites for hydroxylation is 2. The maximum absolute atomic E-state index is 11.7. The van der Waals surface area contributed by atoms with Gasteiger partial charge in [0.15, 0.2) is 11.5 Å². The molecule has 0 radical (unpaired) electrons. The van der Waals surface area contributed by atoms with E-state index < -0.39 is 0 Å². The number of para-hydroxylation sites is 1. The van der Waals surface area contributed by atoms with Gasteiger partial charge in [0.05, 0.1) is 19.3 Å². The Balaban J connectivity index is 1.55. The molecule has 0 fully saturated rings. The van der Waals surface area contributed by atoms with Gasteiger partial charge in [-0.1, -0.05) is 49.2 Å². The van der Waals surface area contributed by atoms with Crippen molar-refractivity contribution in [1.82, 2.24) is 0 Å². The molecule has 0 aromatic heterocycles. The summed E-state index contributed by atoms with van der Waals surface area (Å²) in [6.07, 6.45) is 3.63. The van der Waals surface area contributed by atoms with Crippen molar-refractivity contribution in [3.8, 4) is 23.0 Å². The molecule has 36 heavy (non-hydrogen) atoms. The number of carbonyl (C=O) groups excluding carboxylic acids is 1. The van der Waals surface area contributed by atoms with Crippen LogP contribution in [0.2, 0.25) is 5.02 Å². The fraction of sp³-hybridized carbons (Fsp3) is 0.367. The number of ether oxygens (including phenoxy) is 4. The summed E-state index contributed by atoms with van der Waals surface area (Å²) >= 11 is 6.19. The van der Waals surface area contributed by atoms with E-state index in [4.69, 9.17) is 30.5 Å². The lowest BCUT2D eigenvalue weighted by Gasteiger charge is -2.18. The zero-order chi connectivity index (χ0) is 25.8. The van der Waals surface area contributed by atoms with Gasteiger partial charge in [-0.05, 0) is 74.2 Å². The highest BCUT2D eigenvalue weighted by Crippen LogP contribution is 2.35. The van der Waals surface area contributed by atoms with Crippen LogP contribution in [0.4, 0.5) is 0 Å². The maximum Gasteiger partial charge on any atom is 0.306 e. The minimum atomic E-state index is -0.160. The van der Waals surface area contributed by atoms with E-state index in [1.54, 1.807) is 12.1 Å². The number of hydrogen-bond acceptors (Lipinski definition) is 5. The normalized spacial score (nSPS) is 11.6. The third-order valence-electron chi connectivity index (χ3n) is 5.60. The molecule has 0 saturated carbocycles. The molecule has 192 valence electrons. The van der Waals surface area contributed by atoms with E-state index >= 15 is 0 Å². The lowest BCUT2D eigenvalue weighted by molar-refractivity contribution is -0.143. The Morgan fingerprint density at radius 2 is 1.69 bits per heavy atom. The molecule has 5 nitrogen and oxygen atoms in total. The summed E-state index contributed by atoms with van der Waals surface area (Å²) in [6.45, 7) is 6.90. The van der Waals surface area contributed by atoms with Gasteiger partial charge in [0, 0.05) is 23.9 Å². The molecule has 1 atom stereocenters. The van der Waals surface area contributed by atoms with E-state index in [-0.39, 0.29) is 12.1 Å². The Kier molecular flexibility index (Phi) is 11.0. The summed E-state index contributed by atoms with van der Waals surface area (Å²) in [5, 5.41) is 0.581. The molecule has 0 heterocycles. The third-order valence-corrected chi connectivity index (χ3v) is 5.83. The van der Waals surface area contributed by atoms with E-state index in [0.717, 1.165) is 18.6 Å². The second-order valence-electron chi connectivity index (χ2n) is 8.56. The van der Waals surface area contributed by atoms with Gasteiger partial charge < -0.3 is 18.9 Å². The van der Waals surface area contributed by atoms with E-state index in [2.05, 4.69) is 19.1 Å². The summed E-state index contributed by atoms with van der Waals surface area (Å²) < 4.78 is 23.2. The number of esters is 1. The van der Waals surface area contributed by atoms with Gasteiger partial charge in [-0.15, -0.1) is 0 Å². The van der Waals surface area contributed by atoms with E-state index in [0.29, 0.717) is 54.7 Å². The second-order valence-corrected chi connectivity index (χ2v) is 8.99. The van der Waals surface area contributed by atoms with Crippen molar-refractivity contribution in [3.05, 3.63) is 82.9 Å². The monoisotopic (exact) mass is 510 g/mol. The lowest BCUT2D eigenvalue weighted by Crippen LogP contribution is -2.16. The van der Waals surface area contributed by atoms with Crippen LogP contribution in [0, 0.1) is 0 Å². The minimum absolute atomic E-state index is 0.0942. The fourth-order valence-corrected chi connectivity index (χ4v) is 3.96. The van der Waals surface area contributed by atoms with Crippen LogP contribution in [-0.4, -0.2) is 25.3 Å². The van der Waals surface area contributed by atoms with Gasteiger partial charge in [0.1, 0.15) is 11.5 Å². The van der Waals surface area contributed by atoms with Crippen LogP contribution in [0.1, 0.15) is 51.2 Å². The molecule has 3 aromatic carbocycles. The molecule has 0 bridgehead atoms. The van der Waals surface area contributed by atoms with Crippen LogP contribution >= 0.6 is 11.6 Å². The standard InChI is InChI=1S/C30H35ClO5/c1-4-9-24-20-27(15-12-23(24)13-17-30(32)33-5-2)34-19-18-22(3)35-28-16-14-25(31)21-29(28)36-26-10-7-6-8-11-26/h6-8,10-12,14-16,20-22H,4-5,9,13,17-19H2,1-3H3/t22-/m1/s1. The maximum atomic E-state index is 11.7. The van der Waals surface area contributed by atoms with Gasteiger partial charge >= 0.3 is 5.97 Å². The molecule has 0 unspecified atom stereocenters. The fourth-order valence-electron chi connectivity index (χ4n) is 3.80. The largest absolute Gasteiger partial charge is 0.493 e. The van der Waals surface area contributed by atoms with Crippen molar-refractivity contribution in [2.75, 3.05) is 13.2 Å². The summed E-state index contributed by atoms with van der Waals surface area (Å²) in [5.41, 5.74) is 2.38. The number of benzene rings is 3. The van der Waals surface area contributed by atoms with E-state index in [1.165, 1.54) is 11.1 Å². The third kappa shape index (κ3) is 8.80. The molecule has 3 aromatic rings. The predicted octanol–water partition coefficient (Wildman–Crippen LogP) is 7.82. The Bertz CT molecular complexity index is 1100. The number of hydrogen-bond donors (Lipinski definition) is 0. The van der Waals surface area contributed by atoms with Crippen molar-refractivity contribution in [1.29, 1.82) is 0 Å². The van der Waals surface area contributed by atoms with Gasteiger partial charge in [-0.2, -0.15) is 0 Å². The average molecular weight is 511 g/mol. The van der Waals surface area contributed by atoms with Gasteiger partial charge in [0.2, 0.25) is 0 Å². The molecule has 0 amide bonds. The van der Waals surface area contributed by atoms with Gasteiger partial charge in [-0.25, -0.2) is 0 Å². The molecule has 6 heteroatoms. The van der Waals surface area contributed by atoms with Crippen LogP contribution in [-0.2, 0) is 22.4 Å². The molecule has 0 aliphatic carbocycles. The summed E-state index contributed by atoms with van der Waals surface area (Å²) in [4.78, 5) is 11.7. The first-order valence-electron chi connectivity index (χ1n) is 12.6. The van der Waals surface area contributed by atoms with Gasteiger partial charge in [-0.3, -0.25) is 4.79 Å². The SMILES string of the molecule is CCCc1cc(OCC[C@@H](C)Oc2ccc(Cl)cc2Oc2ccccc2)ccc1CCC(=O)OCC. The van der Waals surface area contributed by atoms with Crippen molar-refractivity contribution in [2.24, 2.45) is 0 Å². The highest BCUT2D eigenvalue weighted by Gasteiger charge is 2.13. The second kappa shape index (κ2) is 14.4. The smallest absolute Gasteiger partial charge is 0.306 e. The Labute approximate surface area is 219 Å². The predicted molar refractivity (Wildman–Crippen MR) is 144 cm³/mol. The first-order valence-corrected chi connectivity index (χ1v) is 13.0. The van der Waals surface area contributed by atoms with Crippen LogP contribution in [0.25, 0.3) is 0 Å². The molecule has 0 aliphatic heterocycles. The zero-order valence-electron chi connectivity index (χ0n) is 21.3.